The highest BCUT2D eigenvalue weighted by Gasteiger charge is 2.06. The van der Waals surface area contributed by atoms with Crippen LogP contribution in [0.3, 0.4) is 0 Å². The molecule has 2 aromatic carbocycles. The Morgan fingerprint density at radius 3 is 2.74 bits per heavy atom. The van der Waals surface area contributed by atoms with E-state index in [1.807, 2.05) is 12.1 Å². The quantitative estimate of drug-likeness (QED) is 0.859. The van der Waals surface area contributed by atoms with Crippen molar-refractivity contribution in [3.8, 4) is 5.75 Å². The third-order valence-electron chi connectivity index (χ3n) is 2.44. The summed E-state index contributed by atoms with van der Waals surface area (Å²) >= 11 is 9.07. The van der Waals surface area contributed by atoms with Crippen LogP contribution in [0.25, 0.3) is 0 Å². The normalized spacial score (nSPS) is 10.2. The Balaban J connectivity index is 2.17. The number of hydrogen-bond acceptors (Lipinski definition) is 3. The van der Waals surface area contributed by atoms with Gasteiger partial charge in [0.2, 0.25) is 0 Å². The maximum atomic E-state index is 11.0. The van der Waals surface area contributed by atoms with Gasteiger partial charge in [0.1, 0.15) is 12.4 Å². The van der Waals surface area contributed by atoms with Gasteiger partial charge in [-0.15, -0.1) is 0 Å². The van der Waals surface area contributed by atoms with Gasteiger partial charge in [0.15, 0.2) is 0 Å². The second kappa shape index (κ2) is 6.08. The molecule has 98 valence electrons. The molecular weight excluding hydrogens is 332 g/mol. The van der Waals surface area contributed by atoms with E-state index in [0.717, 1.165) is 5.56 Å². The van der Waals surface area contributed by atoms with Crippen molar-refractivity contribution in [2.75, 3.05) is 0 Å². The maximum Gasteiger partial charge on any atom is 0.128 e. The number of carbonyl (C=O) groups excluding carboxylic acids is 1. The lowest BCUT2D eigenvalue weighted by molar-refractivity contribution is -0.255. The van der Waals surface area contributed by atoms with Crippen LogP contribution in [-0.4, -0.2) is 5.97 Å². The molecule has 0 amide bonds. The van der Waals surface area contributed by atoms with E-state index < -0.39 is 5.97 Å². The second-order valence-corrected chi connectivity index (χ2v) is 5.20. The molecule has 0 atom stereocenters. The fraction of sp³-hybridized carbons (Fsp3) is 0.0714. The van der Waals surface area contributed by atoms with Crippen LogP contribution in [0, 0.1) is 0 Å². The Bertz CT molecular complexity index is 613. The number of hydrogen-bond donors (Lipinski definition) is 0. The van der Waals surface area contributed by atoms with Crippen molar-refractivity contribution in [1.29, 1.82) is 0 Å². The van der Waals surface area contributed by atoms with Gasteiger partial charge in [0.05, 0.1) is 5.97 Å². The zero-order valence-corrected chi connectivity index (χ0v) is 12.1. The summed E-state index contributed by atoms with van der Waals surface area (Å²) in [5, 5.41) is 11.6. The van der Waals surface area contributed by atoms with E-state index in [1.54, 1.807) is 24.3 Å². The van der Waals surface area contributed by atoms with Crippen molar-refractivity contribution < 1.29 is 14.6 Å². The molecule has 2 aromatic rings. The number of carboxylic acid groups (broad SMARTS) is 1. The first-order valence-corrected chi connectivity index (χ1v) is 6.61. The van der Waals surface area contributed by atoms with Crippen LogP contribution < -0.4 is 9.84 Å². The Morgan fingerprint density at radius 1 is 1.26 bits per heavy atom. The number of ether oxygens (including phenoxy) is 1. The largest absolute Gasteiger partial charge is 0.545 e. The molecule has 0 saturated carbocycles. The smallest absolute Gasteiger partial charge is 0.128 e. The molecule has 0 heterocycles. The molecular formula is C14H9BrClO3-. The molecule has 0 saturated heterocycles. The summed E-state index contributed by atoms with van der Waals surface area (Å²) in [7, 11) is 0. The standard InChI is InChI=1S/C14H10BrClO3/c15-10-4-5-13(12(7-10)14(17)18)19-8-9-2-1-3-11(16)6-9/h1-7H,8H2,(H,17,18)/p-1. The van der Waals surface area contributed by atoms with Gasteiger partial charge in [-0.1, -0.05) is 39.7 Å². The van der Waals surface area contributed by atoms with Crippen molar-refractivity contribution in [2.24, 2.45) is 0 Å². The van der Waals surface area contributed by atoms with Crippen LogP contribution in [0.15, 0.2) is 46.9 Å². The first-order valence-electron chi connectivity index (χ1n) is 5.44. The summed E-state index contributed by atoms with van der Waals surface area (Å²) in [6, 6.07) is 11.9. The molecule has 0 aliphatic carbocycles. The van der Waals surface area contributed by atoms with Gasteiger partial charge in [-0.3, -0.25) is 0 Å². The zero-order valence-electron chi connectivity index (χ0n) is 9.73. The molecule has 0 unspecified atom stereocenters. The third-order valence-corrected chi connectivity index (χ3v) is 3.17. The van der Waals surface area contributed by atoms with Crippen LogP contribution in [0.1, 0.15) is 15.9 Å². The number of benzene rings is 2. The van der Waals surface area contributed by atoms with Gasteiger partial charge in [-0.05, 0) is 35.9 Å². The summed E-state index contributed by atoms with van der Waals surface area (Å²) < 4.78 is 6.15. The Labute approximate surface area is 123 Å². The molecule has 0 aliphatic rings. The lowest BCUT2D eigenvalue weighted by Gasteiger charge is -2.12. The summed E-state index contributed by atoms with van der Waals surface area (Å²) in [5.41, 5.74) is 0.871. The molecule has 5 heteroatoms. The molecule has 2 rings (SSSR count). The van der Waals surface area contributed by atoms with E-state index in [4.69, 9.17) is 16.3 Å². The van der Waals surface area contributed by atoms with Crippen molar-refractivity contribution in [3.05, 3.63) is 63.1 Å². The van der Waals surface area contributed by atoms with E-state index in [-0.39, 0.29) is 17.9 Å². The Kier molecular flexibility index (Phi) is 4.45. The molecule has 0 fully saturated rings. The van der Waals surface area contributed by atoms with Gasteiger partial charge in [0, 0.05) is 15.1 Å². The van der Waals surface area contributed by atoms with E-state index >= 15 is 0 Å². The average Bonchev–Trinajstić information content (AvgIpc) is 2.37. The van der Waals surface area contributed by atoms with Crippen LogP contribution in [0.2, 0.25) is 5.02 Å². The maximum absolute atomic E-state index is 11.0. The van der Waals surface area contributed by atoms with E-state index in [9.17, 15) is 9.90 Å². The summed E-state index contributed by atoms with van der Waals surface area (Å²) in [6.45, 7) is 0.239. The predicted octanol–water partition coefficient (Wildman–Crippen LogP) is 3.05. The fourth-order valence-electron chi connectivity index (χ4n) is 1.58. The third kappa shape index (κ3) is 3.72. The van der Waals surface area contributed by atoms with E-state index in [1.165, 1.54) is 6.07 Å². The van der Waals surface area contributed by atoms with Crippen LogP contribution >= 0.6 is 27.5 Å². The first-order chi connectivity index (χ1) is 9.06. The minimum Gasteiger partial charge on any atom is -0.545 e. The SMILES string of the molecule is O=C([O-])c1cc(Br)ccc1OCc1cccc(Cl)c1. The summed E-state index contributed by atoms with van der Waals surface area (Å²) in [5.74, 6) is -1.01. The number of carbonyl (C=O) groups is 1. The Hall–Kier alpha value is -1.52. The van der Waals surface area contributed by atoms with Crippen molar-refractivity contribution >= 4 is 33.5 Å². The zero-order chi connectivity index (χ0) is 13.8. The van der Waals surface area contributed by atoms with E-state index in [2.05, 4.69) is 15.9 Å². The summed E-state index contributed by atoms with van der Waals surface area (Å²) in [4.78, 5) is 11.0. The van der Waals surface area contributed by atoms with Gasteiger partial charge in [-0.2, -0.15) is 0 Å². The highest BCUT2D eigenvalue weighted by atomic mass is 79.9. The van der Waals surface area contributed by atoms with Gasteiger partial charge < -0.3 is 14.6 Å². The lowest BCUT2D eigenvalue weighted by atomic mass is 10.2. The van der Waals surface area contributed by atoms with Crippen molar-refractivity contribution in [3.63, 3.8) is 0 Å². The van der Waals surface area contributed by atoms with Crippen molar-refractivity contribution in [2.45, 2.75) is 6.61 Å². The van der Waals surface area contributed by atoms with Gasteiger partial charge in [-0.25, -0.2) is 0 Å². The summed E-state index contributed by atoms with van der Waals surface area (Å²) in [6.07, 6.45) is 0. The average molecular weight is 341 g/mol. The highest BCUT2D eigenvalue weighted by molar-refractivity contribution is 9.10. The van der Waals surface area contributed by atoms with Gasteiger partial charge >= 0.3 is 0 Å². The van der Waals surface area contributed by atoms with Crippen LogP contribution in [-0.2, 0) is 6.61 Å². The fourth-order valence-corrected chi connectivity index (χ4v) is 2.15. The topological polar surface area (TPSA) is 49.4 Å². The van der Waals surface area contributed by atoms with Gasteiger partial charge in [0.25, 0.3) is 0 Å². The molecule has 0 N–H and O–H groups in total. The number of aromatic carboxylic acids is 1. The number of halogens is 2. The number of rotatable bonds is 4. The molecule has 0 bridgehead atoms. The highest BCUT2D eigenvalue weighted by Crippen LogP contribution is 2.24. The molecule has 0 radical (unpaired) electrons. The predicted molar refractivity (Wildman–Crippen MR) is 74.3 cm³/mol. The van der Waals surface area contributed by atoms with E-state index in [0.29, 0.717) is 9.50 Å². The molecule has 0 aliphatic heterocycles. The lowest BCUT2D eigenvalue weighted by Crippen LogP contribution is -2.23. The van der Waals surface area contributed by atoms with Crippen molar-refractivity contribution in [1.82, 2.24) is 0 Å². The number of carboxylic acids is 1. The molecule has 0 aromatic heterocycles. The first kappa shape index (κ1) is 13.9. The minimum absolute atomic E-state index is 0.0106. The molecule has 3 nitrogen and oxygen atoms in total. The molecule has 19 heavy (non-hydrogen) atoms. The second-order valence-electron chi connectivity index (χ2n) is 3.85. The minimum atomic E-state index is -1.28. The monoisotopic (exact) mass is 339 g/mol. The molecule has 0 spiro atoms. The van der Waals surface area contributed by atoms with Crippen LogP contribution in [0.5, 0.6) is 5.75 Å². The van der Waals surface area contributed by atoms with Crippen LogP contribution in [0.4, 0.5) is 0 Å². The Morgan fingerprint density at radius 2 is 2.05 bits per heavy atom.